The van der Waals surface area contributed by atoms with Crippen LogP contribution in [-0.4, -0.2) is 21.9 Å². The molecule has 4 heteroatoms. The fraction of sp³-hybridized carbons (Fsp3) is 0.769. The van der Waals surface area contributed by atoms with E-state index in [1.165, 1.54) is 50.7 Å². The normalized spacial score (nSPS) is 45.9. The maximum Gasteiger partial charge on any atom is 0.146 e. The first-order chi connectivity index (χ1) is 14.4. The Balaban J connectivity index is 1.34. The van der Waals surface area contributed by atoms with Crippen molar-refractivity contribution in [1.29, 1.82) is 0 Å². The minimum absolute atomic E-state index is 0.0465. The van der Waals surface area contributed by atoms with Crippen molar-refractivity contribution in [1.82, 2.24) is 4.98 Å². The molecule has 4 saturated carbocycles. The fourth-order valence-electron chi connectivity index (χ4n) is 8.57. The predicted octanol–water partition coefficient (Wildman–Crippen LogP) is 5.89. The van der Waals surface area contributed by atoms with Gasteiger partial charge in [-0.25, -0.2) is 4.98 Å². The van der Waals surface area contributed by atoms with Crippen LogP contribution >= 0.6 is 0 Å². The molecule has 2 N–H and O–H groups in total. The zero-order valence-electron chi connectivity index (χ0n) is 19.0. The number of nitrogens with zero attached hydrogens (tertiary/aromatic N) is 2. The Hall–Kier alpha value is -1.42. The third-order valence-electron chi connectivity index (χ3n) is 10.2. The van der Waals surface area contributed by atoms with E-state index in [0.29, 0.717) is 16.7 Å². The number of aliphatic hydroxyl groups is 1. The van der Waals surface area contributed by atoms with Gasteiger partial charge in [0.15, 0.2) is 0 Å². The highest BCUT2D eigenvalue weighted by Crippen LogP contribution is 2.67. The third kappa shape index (κ3) is 3.21. The maximum atomic E-state index is 10.3. The number of pyridine rings is 1. The van der Waals surface area contributed by atoms with Crippen LogP contribution in [-0.2, 0) is 0 Å². The lowest BCUT2D eigenvalue weighted by Crippen LogP contribution is -2.54. The van der Waals surface area contributed by atoms with Crippen molar-refractivity contribution in [2.75, 3.05) is 5.43 Å². The first-order valence-corrected chi connectivity index (χ1v) is 12.3. The Labute approximate surface area is 182 Å². The zero-order valence-corrected chi connectivity index (χ0v) is 19.0. The number of hydrogen-bond donors (Lipinski definition) is 2. The van der Waals surface area contributed by atoms with E-state index < -0.39 is 0 Å². The number of aliphatic hydroxyl groups excluding tert-OH is 1. The van der Waals surface area contributed by atoms with Crippen molar-refractivity contribution in [3.8, 4) is 0 Å². The Morgan fingerprint density at radius 2 is 1.83 bits per heavy atom. The summed E-state index contributed by atoms with van der Waals surface area (Å²) in [6.45, 7) is 7.38. The first-order valence-electron chi connectivity index (χ1n) is 12.3. The second-order valence-electron chi connectivity index (χ2n) is 11.3. The van der Waals surface area contributed by atoms with Crippen molar-refractivity contribution in [3.05, 3.63) is 24.4 Å². The molecule has 1 heterocycles. The quantitative estimate of drug-likeness (QED) is 0.483. The fourth-order valence-corrected chi connectivity index (χ4v) is 8.57. The highest BCUT2D eigenvalue weighted by atomic mass is 16.3. The summed E-state index contributed by atoms with van der Waals surface area (Å²) in [6, 6.07) is 5.90. The van der Waals surface area contributed by atoms with Gasteiger partial charge in [-0.1, -0.05) is 19.9 Å². The van der Waals surface area contributed by atoms with Gasteiger partial charge in [0.1, 0.15) is 5.82 Å². The molecule has 1 aromatic rings. The molecule has 4 unspecified atom stereocenters. The molecule has 4 nitrogen and oxygen atoms in total. The van der Waals surface area contributed by atoms with E-state index in [-0.39, 0.29) is 6.10 Å². The van der Waals surface area contributed by atoms with Gasteiger partial charge in [0.05, 0.1) is 6.10 Å². The Morgan fingerprint density at radius 3 is 2.63 bits per heavy atom. The van der Waals surface area contributed by atoms with Crippen LogP contribution in [0.15, 0.2) is 29.5 Å². The molecular weight excluding hydrogens is 370 g/mol. The van der Waals surface area contributed by atoms with E-state index in [0.717, 1.165) is 42.3 Å². The molecule has 5 rings (SSSR count). The van der Waals surface area contributed by atoms with Crippen LogP contribution in [0.5, 0.6) is 0 Å². The summed E-state index contributed by atoms with van der Waals surface area (Å²) in [5.41, 5.74) is 5.30. The van der Waals surface area contributed by atoms with Gasteiger partial charge in [0.25, 0.3) is 0 Å². The predicted molar refractivity (Wildman–Crippen MR) is 122 cm³/mol. The maximum absolute atomic E-state index is 10.3. The molecule has 0 amide bonds. The van der Waals surface area contributed by atoms with Crippen molar-refractivity contribution in [2.45, 2.75) is 84.7 Å². The van der Waals surface area contributed by atoms with Crippen LogP contribution in [0.3, 0.4) is 0 Å². The van der Waals surface area contributed by atoms with Gasteiger partial charge in [-0.2, -0.15) is 5.10 Å². The van der Waals surface area contributed by atoms with Crippen molar-refractivity contribution >= 4 is 11.5 Å². The van der Waals surface area contributed by atoms with E-state index in [2.05, 4.69) is 31.2 Å². The van der Waals surface area contributed by atoms with Crippen molar-refractivity contribution < 1.29 is 5.11 Å². The molecule has 4 aliphatic rings. The lowest BCUT2D eigenvalue weighted by molar-refractivity contribution is -0.123. The number of rotatable bonds is 3. The van der Waals surface area contributed by atoms with Crippen LogP contribution in [0.1, 0.15) is 78.6 Å². The summed E-state index contributed by atoms with van der Waals surface area (Å²) in [5.74, 6) is 4.73. The highest BCUT2D eigenvalue weighted by Gasteiger charge is 2.60. The van der Waals surface area contributed by atoms with Gasteiger partial charge >= 0.3 is 0 Å². The number of hydrazone groups is 1. The minimum atomic E-state index is -0.0465. The van der Waals surface area contributed by atoms with E-state index in [1.807, 2.05) is 24.4 Å². The van der Waals surface area contributed by atoms with Gasteiger partial charge in [-0.05, 0) is 111 Å². The van der Waals surface area contributed by atoms with Crippen LogP contribution in [0.4, 0.5) is 5.82 Å². The van der Waals surface area contributed by atoms with Crippen LogP contribution in [0.25, 0.3) is 0 Å². The molecule has 4 fully saturated rings. The second-order valence-corrected chi connectivity index (χ2v) is 11.3. The number of nitrogens with one attached hydrogen (secondary N) is 1. The highest BCUT2D eigenvalue weighted by molar-refractivity contribution is 5.86. The standard InChI is InChI=1S/C26H39N3O/c1-17(28-29-24-6-4-5-15-27-24)21-9-10-22-20-8-7-18-16-19(30)11-13-25(18,2)23(20)12-14-26(21,22)3/h4-6,15,18-23,30H,7-14,16H2,1-3H3,(H,27,29)/b28-17+/t18?,19-,20?,21+,22?,23?,25-,26+/m0/s1. The summed E-state index contributed by atoms with van der Waals surface area (Å²) in [6.07, 6.45) is 13.1. The molecule has 8 atom stereocenters. The molecule has 0 spiro atoms. The largest absolute Gasteiger partial charge is 0.393 e. The lowest BCUT2D eigenvalue weighted by Gasteiger charge is -2.61. The lowest BCUT2D eigenvalue weighted by atomic mass is 9.44. The molecule has 0 radical (unpaired) electrons. The van der Waals surface area contributed by atoms with Crippen LogP contribution in [0.2, 0.25) is 0 Å². The molecule has 0 aromatic carbocycles. The smallest absolute Gasteiger partial charge is 0.146 e. The van der Waals surface area contributed by atoms with E-state index in [1.54, 1.807) is 0 Å². The molecular formula is C26H39N3O. The molecule has 164 valence electrons. The van der Waals surface area contributed by atoms with Gasteiger partial charge < -0.3 is 5.11 Å². The monoisotopic (exact) mass is 409 g/mol. The topological polar surface area (TPSA) is 57.5 Å². The molecule has 0 bridgehead atoms. The van der Waals surface area contributed by atoms with Gasteiger partial charge in [0, 0.05) is 17.8 Å². The zero-order chi connectivity index (χ0) is 20.9. The van der Waals surface area contributed by atoms with Crippen molar-refractivity contribution in [2.24, 2.45) is 45.5 Å². The van der Waals surface area contributed by atoms with Gasteiger partial charge in [-0.15, -0.1) is 0 Å². The van der Waals surface area contributed by atoms with E-state index in [4.69, 9.17) is 5.10 Å². The van der Waals surface area contributed by atoms with Crippen LogP contribution in [0, 0.1) is 40.4 Å². The Kier molecular flexibility index (Phi) is 5.20. The van der Waals surface area contributed by atoms with E-state index in [9.17, 15) is 5.11 Å². The summed E-state index contributed by atoms with van der Waals surface area (Å²) >= 11 is 0. The second kappa shape index (κ2) is 7.62. The minimum Gasteiger partial charge on any atom is -0.393 e. The first kappa shape index (κ1) is 20.5. The number of aromatic nitrogens is 1. The Bertz CT molecular complexity index is 795. The molecule has 30 heavy (non-hydrogen) atoms. The summed E-state index contributed by atoms with van der Waals surface area (Å²) in [4.78, 5) is 4.35. The molecule has 4 aliphatic carbocycles. The average Bonchev–Trinajstić information content (AvgIpc) is 3.10. The summed E-state index contributed by atoms with van der Waals surface area (Å²) in [5, 5.41) is 15.0. The number of hydrogen-bond acceptors (Lipinski definition) is 4. The SMILES string of the molecule is C/C(=N\Nc1ccccn1)[C@H]1CCC2C3CCC4C[C@@H](O)CC[C@]4(C)C3CC[C@@]21C. The van der Waals surface area contributed by atoms with E-state index >= 15 is 0 Å². The molecule has 0 aliphatic heterocycles. The Morgan fingerprint density at radius 1 is 1.03 bits per heavy atom. The molecule has 0 saturated heterocycles. The average molecular weight is 410 g/mol. The van der Waals surface area contributed by atoms with Gasteiger partial charge in [0.2, 0.25) is 0 Å². The molecule has 1 aromatic heterocycles. The number of anilines is 1. The third-order valence-corrected chi connectivity index (χ3v) is 10.2. The summed E-state index contributed by atoms with van der Waals surface area (Å²) in [7, 11) is 0. The number of fused-ring (bicyclic) bond motifs is 5. The van der Waals surface area contributed by atoms with Crippen molar-refractivity contribution in [3.63, 3.8) is 0 Å². The summed E-state index contributed by atoms with van der Waals surface area (Å²) < 4.78 is 0. The van der Waals surface area contributed by atoms with Gasteiger partial charge in [-0.3, -0.25) is 5.43 Å². The van der Waals surface area contributed by atoms with Crippen LogP contribution < -0.4 is 5.43 Å².